The number of aliphatic carboxylic acids is 1. The van der Waals surface area contributed by atoms with Crippen molar-refractivity contribution < 1.29 is 96.8 Å². The number of rotatable bonds is 29. The number of para-hydroxylation sites is 1. The third-order valence-electron chi connectivity index (χ3n) is 24.0. The standard InChI is InChI=1S/C99H135N23O20S2/c1-51(2)39-69-86(131)114-71(42-58-31-35-63(124)36-32-58)88(133)116-75(45-80(126)127)90(135)115-73(43-61-46-107-66-25-17-15-23-64(61)66)92(137)121-81(53(5)6)95(140)117-72(41-57-29-33-60(34-30-57)59-21-13-12-14-22-59)87(132)111-68(27-20-38-106-99(103)104)97(142)122(11)56(10)84(129)112-74(44-62-48-144-78-28-18-16-24-65(62)78)89(134)110-67(26-19-37-105-98(101)102)85(130)113-70(40-52(3)4)91(136)120-82(54(7)8)96(141)118-76(47-123)93(138)119-77(49-143-50-79(125)109-69)94(139)108-55(9)83(100)128/h12-18,21-25,28-36,46,48,51-56,67-77,81-82,107,123-124H,19-20,26-27,37-45,47,49-50H2,1-11H3,(H2,100,128)(H,108,139)(H,109,125)(H,110,134)(H,111,132)(H,112,129)(H,113,130)(H,114,131)(H,115,135)(H,116,133)(H,117,140)(H,118,141)(H,119,138)(H,120,136)(H,121,137)(H,126,127)(H4,101,102,105)(H4,103,104,106)/t55-,56-,67-,68-,69-,70-,71-,72-,73-,74-,75-,76-,77-,81-,82-/m0/s1. The second kappa shape index (κ2) is 55.6. The van der Waals surface area contributed by atoms with Gasteiger partial charge in [0.05, 0.1) is 18.8 Å². The number of aromatic nitrogens is 1. The number of hydrogen-bond acceptors (Lipinski definition) is 23. The quantitative estimate of drug-likeness (QED) is 0.0170. The second-order valence-corrected chi connectivity index (χ2v) is 39.1. The number of primary amides is 1. The summed E-state index contributed by atoms with van der Waals surface area (Å²) in [5, 5.41) is 92.7. The Morgan fingerprint density at radius 1 is 0.465 bits per heavy atom. The Bertz CT molecular complexity index is 5690. The van der Waals surface area contributed by atoms with Crippen LogP contribution in [0.4, 0.5) is 0 Å². The Morgan fingerprint density at radius 2 is 0.889 bits per heavy atom. The van der Waals surface area contributed by atoms with Crippen LogP contribution in [-0.4, -0.2) is 266 Å². The van der Waals surface area contributed by atoms with Crippen LogP contribution in [0.1, 0.15) is 136 Å². The topological polar surface area (TPSA) is 688 Å². The van der Waals surface area contributed by atoms with Crippen molar-refractivity contribution in [2.45, 2.75) is 230 Å². The van der Waals surface area contributed by atoms with E-state index in [2.05, 4.69) is 90.1 Å². The summed E-state index contributed by atoms with van der Waals surface area (Å²) < 4.78 is 0.802. The average molecular weight is 2030 g/mol. The molecule has 0 saturated carbocycles. The number of phenolic OH excluding ortho intramolecular Hbond substituents is 1. The first-order valence-electron chi connectivity index (χ1n) is 47.6. The van der Waals surface area contributed by atoms with E-state index in [9.17, 15) is 53.7 Å². The Balaban J connectivity index is 1.23. The molecule has 0 spiro atoms. The second-order valence-electron chi connectivity index (χ2n) is 37.1. The lowest BCUT2D eigenvalue weighted by atomic mass is 9.98. The molecule has 16 amide bonds. The van der Waals surface area contributed by atoms with Gasteiger partial charge in [-0.25, -0.2) is 0 Å². The lowest BCUT2D eigenvalue weighted by molar-refractivity contribution is -0.142. The number of hydrogen-bond donors (Lipinski definition) is 25. The molecule has 0 aliphatic carbocycles. The fourth-order valence-electron chi connectivity index (χ4n) is 15.9. The Hall–Kier alpha value is -14.8. The molecule has 0 bridgehead atoms. The van der Waals surface area contributed by atoms with Gasteiger partial charge in [-0.05, 0) is 144 Å². The summed E-state index contributed by atoms with van der Waals surface area (Å²) in [6.45, 7) is 14.5. The number of carbonyl (C=O) groups excluding carboxylic acids is 16. The number of phenols is 1. The minimum Gasteiger partial charge on any atom is -0.508 e. The maximum atomic E-state index is 15.6. The van der Waals surface area contributed by atoms with Crippen molar-refractivity contribution in [1.29, 1.82) is 10.8 Å². The lowest BCUT2D eigenvalue weighted by Gasteiger charge is -2.32. The zero-order chi connectivity index (χ0) is 106. The van der Waals surface area contributed by atoms with Gasteiger partial charge in [-0.1, -0.05) is 159 Å². The molecule has 144 heavy (non-hydrogen) atoms. The summed E-state index contributed by atoms with van der Waals surface area (Å²) in [5.74, 6) is -22.4. The van der Waals surface area contributed by atoms with Crippen LogP contribution in [0.3, 0.4) is 0 Å². The summed E-state index contributed by atoms with van der Waals surface area (Å²) in [4.78, 5) is 255. The molecule has 1 fully saturated rings. The average Bonchev–Trinajstić information content (AvgIpc) is 1.64. The predicted octanol–water partition coefficient (Wildman–Crippen LogP) is 0.310. The fraction of sp³-hybridized carbons (Fsp3) is 0.465. The number of fused-ring (bicyclic) bond motifs is 2. The number of carbonyl (C=O) groups is 17. The Labute approximate surface area is 842 Å². The van der Waals surface area contributed by atoms with Gasteiger partial charge in [0.25, 0.3) is 0 Å². The van der Waals surface area contributed by atoms with Crippen LogP contribution in [-0.2, 0) is 107 Å². The molecule has 7 aromatic rings. The van der Waals surface area contributed by atoms with E-state index < -0.39 is 246 Å². The molecule has 28 N–H and O–H groups in total. The molecule has 1 aliphatic rings. The van der Waals surface area contributed by atoms with Crippen molar-refractivity contribution in [3.05, 3.63) is 161 Å². The highest BCUT2D eigenvalue weighted by Crippen LogP contribution is 2.29. The molecule has 5 aromatic carbocycles. The molecule has 1 saturated heterocycles. The van der Waals surface area contributed by atoms with E-state index in [4.69, 9.17) is 28.0 Å². The molecule has 2 aromatic heterocycles. The highest BCUT2D eigenvalue weighted by atomic mass is 32.2. The van der Waals surface area contributed by atoms with E-state index in [0.29, 0.717) is 38.5 Å². The zero-order valence-corrected chi connectivity index (χ0v) is 84.0. The number of guanidine groups is 2. The molecule has 45 heteroatoms. The molecular formula is C99H135N23O20S2. The van der Waals surface area contributed by atoms with Crippen LogP contribution in [0.5, 0.6) is 5.75 Å². The van der Waals surface area contributed by atoms with E-state index in [1.54, 1.807) is 120 Å². The molecule has 3 heterocycles. The van der Waals surface area contributed by atoms with Crippen LogP contribution in [0, 0.1) is 34.5 Å². The first-order valence-corrected chi connectivity index (χ1v) is 49.6. The van der Waals surface area contributed by atoms with Gasteiger partial charge in [0.2, 0.25) is 94.5 Å². The number of nitrogens with one attached hydrogen (secondary N) is 19. The third kappa shape index (κ3) is 35.4. The van der Waals surface area contributed by atoms with E-state index in [-0.39, 0.29) is 88.5 Å². The summed E-state index contributed by atoms with van der Waals surface area (Å²) in [5.41, 5.74) is 20.9. The number of nitrogens with two attached hydrogens (primary N) is 3. The van der Waals surface area contributed by atoms with Gasteiger partial charge in [0, 0.05) is 73.4 Å². The maximum Gasteiger partial charge on any atom is 0.305 e. The van der Waals surface area contributed by atoms with Gasteiger partial charge in [0.1, 0.15) is 96.4 Å². The molecule has 0 unspecified atom stereocenters. The molecule has 43 nitrogen and oxygen atoms in total. The minimum atomic E-state index is -2.07. The number of benzene rings is 5. The Kier molecular flexibility index (Phi) is 44.2. The van der Waals surface area contributed by atoms with E-state index in [1.165, 1.54) is 70.3 Å². The van der Waals surface area contributed by atoms with Crippen LogP contribution in [0.25, 0.3) is 32.1 Å². The van der Waals surface area contributed by atoms with Crippen LogP contribution < -0.4 is 102 Å². The maximum absolute atomic E-state index is 15.6. The fourth-order valence-corrected chi connectivity index (χ4v) is 17.7. The molecule has 15 atom stereocenters. The van der Waals surface area contributed by atoms with Gasteiger partial charge < -0.3 is 127 Å². The normalized spacial score (nSPS) is 22.6. The number of thioether (sulfide) groups is 1. The van der Waals surface area contributed by atoms with Crippen molar-refractivity contribution in [3.8, 4) is 16.9 Å². The van der Waals surface area contributed by atoms with E-state index >= 15 is 43.2 Å². The highest BCUT2D eigenvalue weighted by Gasteiger charge is 2.42. The monoisotopic (exact) mass is 2030 g/mol. The minimum absolute atomic E-state index is 0.00960. The summed E-state index contributed by atoms with van der Waals surface area (Å²) in [7, 11) is 1.27. The molecule has 1 aliphatic heterocycles. The number of aromatic hydroxyl groups is 1. The molecule has 778 valence electrons. The van der Waals surface area contributed by atoms with Crippen molar-refractivity contribution in [2.75, 3.05) is 38.2 Å². The van der Waals surface area contributed by atoms with Crippen molar-refractivity contribution in [3.63, 3.8) is 0 Å². The van der Waals surface area contributed by atoms with Gasteiger partial charge in [-0.15, -0.1) is 23.1 Å². The van der Waals surface area contributed by atoms with E-state index in [1.807, 2.05) is 36.4 Å². The van der Waals surface area contributed by atoms with Crippen molar-refractivity contribution in [2.24, 2.45) is 40.9 Å². The number of aliphatic hydroxyl groups excluding tert-OH is 1. The number of carboxylic acids is 1. The lowest BCUT2D eigenvalue weighted by Crippen LogP contribution is -2.62. The number of thiophene rings is 1. The molecule has 8 rings (SSSR count). The number of aliphatic hydroxyl groups is 1. The molecule has 0 radical (unpaired) electrons. The van der Waals surface area contributed by atoms with Crippen LogP contribution >= 0.6 is 23.1 Å². The van der Waals surface area contributed by atoms with Crippen LogP contribution in [0.15, 0.2) is 139 Å². The summed E-state index contributed by atoms with van der Waals surface area (Å²) in [6.07, 6.45) is -1.46. The van der Waals surface area contributed by atoms with Gasteiger partial charge in [-0.3, -0.25) is 92.3 Å². The molecular weight excluding hydrogens is 1900 g/mol. The zero-order valence-electron chi connectivity index (χ0n) is 82.3. The summed E-state index contributed by atoms with van der Waals surface area (Å²) >= 11 is 2.06. The number of aromatic amines is 1. The highest BCUT2D eigenvalue weighted by molar-refractivity contribution is 8.00. The predicted molar refractivity (Wildman–Crippen MR) is 543 cm³/mol. The van der Waals surface area contributed by atoms with Gasteiger partial charge in [0.15, 0.2) is 11.9 Å². The SMILES string of the molecule is CC(C)C[C@@H]1NC(=O)CSC[C@@H](C(=O)N[C@@H](C)C(N)=O)NC(=O)[C@H](CO)NC(=O)[C@H](C(C)C)NC(=O)[C@H](CC(C)C)NC(=O)[C@H](CCCNC(=N)N)NC(=O)[C@H](Cc2csc3ccccc23)NC(=O)[C@H](C)N(C)C(=O)[C@H](CCCNC(=N)N)NC(=O)[C@H](Cc2ccc(-c3ccccc3)cc2)NC(=O)[C@H](C(C)C)NC(=O)[C@H](Cc2c[nH]c3ccccc23)NC(=O)[C@H](CC(=O)O)NC(=O)[C@H](Cc2ccc(O)cc2)NC1=O. The van der Waals surface area contributed by atoms with E-state index in [0.717, 1.165) is 32.5 Å². The number of nitrogens with zero attached hydrogens (tertiary/aromatic N) is 1. The number of likely N-dealkylation sites (N-methyl/N-ethyl adjacent to an activating group) is 1. The number of H-pyrrole nitrogens is 1. The third-order valence-corrected chi connectivity index (χ3v) is 26.0. The van der Waals surface area contributed by atoms with Gasteiger partial charge in [-0.2, -0.15) is 0 Å². The van der Waals surface area contributed by atoms with Crippen molar-refractivity contribution in [1.82, 2.24) is 95.0 Å². The van der Waals surface area contributed by atoms with Gasteiger partial charge >= 0.3 is 5.97 Å². The smallest absolute Gasteiger partial charge is 0.305 e. The first kappa shape index (κ1) is 115. The van der Waals surface area contributed by atoms with Crippen LogP contribution in [0.2, 0.25) is 0 Å². The summed E-state index contributed by atoms with van der Waals surface area (Å²) in [6, 6.07) is 11.4. The Morgan fingerprint density at radius 3 is 1.43 bits per heavy atom. The number of amides is 16. The first-order chi connectivity index (χ1) is 68.3. The van der Waals surface area contributed by atoms with Crippen molar-refractivity contribution >= 4 is 156 Å². The largest absolute Gasteiger partial charge is 0.508 e. The number of carboxylic acid groups (broad SMARTS) is 1.